The molecule has 3 aliphatic heterocycles. The largest absolute Gasteiger partial charge is 0.489 e. The lowest BCUT2D eigenvalue weighted by atomic mass is 9.98. The molecule has 8 heterocycles. The van der Waals surface area contributed by atoms with Crippen molar-refractivity contribution in [3.05, 3.63) is 238 Å². The Morgan fingerprint density at radius 1 is 0.500 bits per heavy atom. The molecule has 6 aliphatic carbocycles. The van der Waals surface area contributed by atoms with Gasteiger partial charge in [-0.2, -0.15) is 0 Å². The highest BCUT2D eigenvalue weighted by molar-refractivity contribution is 6.40. The van der Waals surface area contributed by atoms with E-state index in [0.717, 1.165) is 132 Å². The molecule has 12 aromatic rings. The lowest BCUT2D eigenvalue weighted by Gasteiger charge is -2.19. The van der Waals surface area contributed by atoms with Crippen LogP contribution in [0.1, 0.15) is 156 Å². The number of hydrogen-bond acceptors (Lipinski definition) is 17. The molecule has 23 nitrogen and oxygen atoms in total. The summed E-state index contributed by atoms with van der Waals surface area (Å²) in [7, 11) is 1.81. The number of halogens is 6. The van der Waals surface area contributed by atoms with Crippen LogP contribution in [0, 0.1) is 0 Å². The fourth-order valence-electron chi connectivity index (χ4n) is 16.5. The number of aliphatic carboxylic acids is 1. The van der Waals surface area contributed by atoms with E-state index >= 15 is 0 Å². The van der Waals surface area contributed by atoms with Gasteiger partial charge in [-0.25, -0.2) is 9.78 Å². The van der Waals surface area contributed by atoms with Gasteiger partial charge in [0.1, 0.15) is 89.5 Å². The van der Waals surface area contributed by atoms with Gasteiger partial charge in [-0.3, -0.25) is 33.8 Å². The first-order chi connectivity index (χ1) is 56.1. The van der Waals surface area contributed by atoms with Gasteiger partial charge in [0.2, 0.25) is 17.7 Å². The second-order valence-corrected chi connectivity index (χ2v) is 33.1. The average Bonchev–Trinajstić information content (AvgIpc) is 1.55. The van der Waals surface area contributed by atoms with E-state index in [1.54, 1.807) is 113 Å². The second kappa shape index (κ2) is 28.9. The summed E-state index contributed by atoms with van der Waals surface area (Å²) in [5, 5.41) is 35.4. The van der Waals surface area contributed by atoms with Gasteiger partial charge in [0.05, 0.1) is 97.4 Å². The first-order valence-corrected chi connectivity index (χ1v) is 40.1. The summed E-state index contributed by atoms with van der Waals surface area (Å²) in [6.45, 7) is 0.625. The highest BCUT2D eigenvalue weighted by atomic mass is 35.5. The van der Waals surface area contributed by atoms with Crippen LogP contribution in [0.2, 0.25) is 30.1 Å². The van der Waals surface area contributed by atoms with Gasteiger partial charge < -0.3 is 52.2 Å². The van der Waals surface area contributed by atoms with Crippen LogP contribution in [0.4, 0.5) is 28.6 Å². The number of nitrogens with zero attached hydrogens (tertiary/aromatic N) is 8. The number of aromatic nitrogens is 5. The van der Waals surface area contributed by atoms with E-state index in [0.29, 0.717) is 147 Å². The number of benzene rings is 7. The number of anilines is 5. The maximum Gasteiger partial charge on any atom is 0.337 e. The minimum absolute atomic E-state index is 0.0168. The van der Waals surface area contributed by atoms with Gasteiger partial charge >= 0.3 is 11.9 Å². The minimum Gasteiger partial charge on any atom is -0.489 e. The Labute approximate surface area is 691 Å². The zero-order valence-electron chi connectivity index (χ0n) is 61.6. The quantitative estimate of drug-likeness (QED) is 0.0596. The Hall–Kier alpha value is -11.2. The highest BCUT2D eigenvalue weighted by Crippen LogP contribution is 2.63. The van der Waals surface area contributed by atoms with Crippen LogP contribution in [-0.4, -0.2) is 77.9 Å². The molecule has 116 heavy (non-hydrogen) atoms. The third-order valence-corrected chi connectivity index (χ3v) is 25.2. The predicted molar refractivity (Wildman–Crippen MR) is 432 cm³/mol. The zero-order chi connectivity index (χ0) is 80.0. The smallest absolute Gasteiger partial charge is 0.337 e. The fraction of sp³-hybridized carbons (Fsp3) is 0.264. The van der Waals surface area contributed by atoms with E-state index in [9.17, 15) is 39.0 Å². The number of carboxylic acid groups (broad SMARTS) is 2. The number of pyridine rings is 1. The lowest BCUT2D eigenvalue weighted by Crippen LogP contribution is -2.36. The lowest BCUT2D eigenvalue weighted by molar-refractivity contribution is -0.136. The van der Waals surface area contributed by atoms with Crippen LogP contribution >= 0.6 is 69.6 Å². The van der Waals surface area contributed by atoms with Crippen LogP contribution in [0.25, 0.3) is 44.7 Å². The van der Waals surface area contributed by atoms with Crippen LogP contribution in [0.3, 0.4) is 0 Å². The Morgan fingerprint density at radius 3 is 1.28 bits per heavy atom. The molecule has 3 amide bonds. The molecular weight excluding hydrogens is 1610 g/mol. The van der Waals surface area contributed by atoms with Gasteiger partial charge in [-0.1, -0.05) is 103 Å². The SMILES string of the molecule is Cn1cc(C(=O)O)c2ccc(N3C(=O)C4(CC4)c4cc(OCc5c(-c6c(Cl)cccc6Cl)noc5C5CC5)ccc43)cc21.O=C(O)CN1C(=O)C2(CC2)c2cc(OCc3c(-c4c(Cl)cccc4Cl)noc3C3CC3)ccc21.O=COc1ccc(N2C(=O)C3(CC3)c3cc(OCc4c(-c5c(Cl)cccc5Cl)noc4C4CC4)ccc32)nc1. The van der Waals surface area contributed by atoms with E-state index in [-0.39, 0.29) is 49.7 Å². The third-order valence-electron chi connectivity index (χ3n) is 23.3. The van der Waals surface area contributed by atoms with Crippen LogP contribution in [0.5, 0.6) is 23.0 Å². The summed E-state index contributed by atoms with van der Waals surface area (Å²) >= 11 is 38.9. The molecule has 9 aliphatic rings. The molecule has 6 fully saturated rings. The van der Waals surface area contributed by atoms with Crippen molar-refractivity contribution in [3.63, 3.8) is 0 Å². The summed E-state index contributed by atoms with van der Waals surface area (Å²) in [6, 6.07) is 41.5. The number of aryl methyl sites for hydroxylation is 1. The number of aromatic carboxylic acids is 1. The first-order valence-electron chi connectivity index (χ1n) is 37.9. The first kappa shape index (κ1) is 74.9. The van der Waals surface area contributed by atoms with Crippen molar-refractivity contribution in [2.45, 2.75) is 131 Å². The Kier molecular flexibility index (Phi) is 18.7. The monoisotopic (exact) mass is 1670 g/mol. The number of carbonyl (C=O) groups is 6. The fourth-order valence-corrected chi connectivity index (χ4v) is 18.2. The Bertz CT molecular complexity index is 6070. The van der Waals surface area contributed by atoms with Gasteiger partial charge in [0, 0.05) is 58.8 Å². The van der Waals surface area contributed by atoms with Crippen molar-refractivity contribution in [1.29, 1.82) is 0 Å². The molecule has 0 atom stereocenters. The molecule has 29 heteroatoms. The average molecular weight is 1680 g/mol. The number of carbonyl (C=O) groups excluding carboxylic acids is 4. The van der Waals surface area contributed by atoms with Crippen molar-refractivity contribution >= 4 is 145 Å². The van der Waals surface area contributed by atoms with Crippen molar-refractivity contribution in [3.8, 4) is 56.8 Å². The molecule has 0 radical (unpaired) electrons. The molecule has 6 saturated carbocycles. The summed E-state index contributed by atoms with van der Waals surface area (Å²) in [5.41, 5.74) is 10.9. The number of fused-ring (bicyclic) bond motifs is 7. The van der Waals surface area contributed by atoms with Crippen LogP contribution in [0.15, 0.2) is 165 Å². The van der Waals surface area contributed by atoms with Crippen molar-refractivity contribution in [2.24, 2.45) is 7.05 Å². The molecule has 3 spiro atoms. The number of rotatable bonds is 22. The highest BCUT2D eigenvalue weighted by Gasteiger charge is 2.62. The van der Waals surface area contributed by atoms with E-state index in [2.05, 4.69) is 20.5 Å². The topological polar surface area (TPSA) is 285 Å². The van der Waals surface area contributed by atoms with Crippen LogP contribution in [-0.2, 0) is 67.1 Å². The predicted octanol–water partition coefficient (Wildman–Crippen LogP) is 20.3. The molecule has 586 valence electrons. The summed E-state index contributed by atoms with van der Waals surface area (Å²) in [5.74, 6) is 3.79. The molecule has 5 aromatic heterocycles. The van der Waals surface area contributed by atoms with Crippen molar-refractivity contribution < 1.29 is 71.5 Å². The van der Waals surface area contributed by atoms with E-state index < -0.39 is 28.2 Å². The Morgan fingerprint density at radius 2 is 0.897 bits per heavy atom. The van der Waals surface area contributed by atoms with E-state index in [1.807, 2.05) is 54.6 Å². The van der Waals surface area contributed by atoms with Gasteiger partial charge in [0.25, 0.3) is 6.47 Å². The van der Waals surface area contributed by atoms with Crippen LogP contribution < -0.4 is 33.6 Å². The van der Waals surface area contributed by atoms with Crippen molar-refractivity contribution in [1.82, 2.24) is 25.0 Å². The number of amides is 3. The van der Waals surface area contributed by atoms with Gasteiger partial charge in [-0.05, 0) is 215 Å². The molecule has 2 N–H and O–H groups in total. The maximum absolute atomic E-state index is 13.9. The minimum atomic E-state index is -1.04. The van der Waals surface area contributed by atoms with E-state index in [4.69, 9.17) is 102 Å². The Balaban J connectivity index is 0.000000117. The maximum atomic E-state index is 13.9. The number of hydrogen-bond donors (Lipinski definition) is 2. The third kappa shape index (κ3) is 13.0. The second-order valence-electron chi connectivity index (χ2n) is 30.7. The molecular formula is C87H66Cl6N8O15. The van der Waals surface area contributed by atoms with Gasteiger partial charge in [0.15, 0.2) is 0 Å². The molecule has 21 rings (SSSR count). The number of ether oxygens (including phenoxy) is 4. The standard InChI is InChI=1S/C33H25Cl2N3O5.C29H21Cl2N3O5.C25H20Cl2N2O5/c1-37-15-21(31(39)40)20-9-7-18(13-27(20)37)38-26-10-8-19(14-23(26)33(11-12-33)32(38)41)42-16-22-29(36-43-30(22)17-5-6-17)28-24(34)3-2-4-25(28)35;30-21-2-1-3-22(31)25(21)26-19(27(39-33-26)16-4-5-16)14-37-17-6-8-23-20(12-17)29(10-11-29)28(36)34(23)24-9-7-18(13-32-24)38-15-35;26-17-2-1-3-18(27)21(17)22-15(23(34-28-22)13-4-5-13)12-33-14-6-7-19-16(10-14)25(8-9-25)24(32)29(19)11-20(30)31/h2-4,7-10,13-15,17H,5-6,11-12,16H2,1H3,(H,39,40);1-3,6-9,12-13,15-16H,4-5,10-11,14H2;1-3,6-7,10,13H,4-5,8-9,11-12H2,(H,30,31). The summed E-state index contributed by atoms with van der Waals surface area (Å²) in [6.07, 6.45) is 13.7. The molecule has 0 bridgehead atoms. The van der Waals surface area contributed by atoms with Gasteiger partial charge in [-0.15, -0.1) is 0 Å². The molecule has 0 unspecified atom stereocenters. The summed E-state index contributed by atoms with van der Waals surface area (Å²) < 4.78 is 42.7. The summed E-state index contributed by atoms with van der Waals surface area (Å²) in [4.78, 5) is 83.0. The molecule has 7 aromatic carbocycles. The normalized spacial score (nSPS) is 17.1. The number of carboxylic acids is 2. The van der Waals surface area contributed by atoms with E-state index in [1.165, 1.54) is 11.1 Å². The zero-order valence-corrected chi connectivity index (χ0v) is 66.1. The molecule has 0 saturated heterocycles. The van der Waals surface area contributed by atoms with Crippen molar-refractivity contribution in [2.75, 3.05) is 21.2 Å².